The van der Waals surface area contributed by atoms with Gasteiger partial charge in [0.05, 0.1) is 13.0 Å². The molecule has 5 heteroatoms. The minimum Gasteiger partial charge on any atom is -0.497 e. The van der Waals surface area contributed by atoms with Crippen molar-refractivity contribution in [2.24, 2.45) is 5.73 Å². The third-order valence-electron chi connectivity index (χ3n) is 3.47. The maximum absolute atomic E-state index is 9.41. The van der Waals surface area contributed by atoms with Gasteiger partial charge in [-0.25, -0.2) is 0 Å². The first-order valence-electron chi connectivity index (χ1n) is 6.40. The molecule has 0 radical (unpaired) electrons. The Labute approximate surface area is 122 Å². The molecule has 0 unspecified atom stereocenters. The Morgan fingerprint density at radius 2 is 2.05 bits per heavy atom. The molecular weight excluding hydrogens is 266 g/mol. The Morgan fingerprint density at radius 1 is 1.29 bits per heavy atom. The molecule has 0 aliphatic carbocycles. The number of nitriles is 1. The summed E-state index contributed by atoms with van der Waals surface area (Å²) in [4.78, 5) is 4.01. The van der Waals surface area contributed by atoms with E-state index in [9.17, 15) is 5.26 Å². The average Bonchev–Trinajstić information content (AvgIpc) is 2.53. The molecule has 0 saturated carbocycles. The molecule has 21 heavy (non-hydrogen) atoms. The molecule has 0 fully saturated rings. The highest BCUT2D eigenvalue weighted by Crippen LogP contribution is 2.43. The van der Waals surface area contributed by atoms with E-state index in [1.165, 1.54) is 0 Å². The van der Waals surface area contributed by atoms with Crippen molar-refractivity contribution >= 4 is 0 Å². The van der Waals surface area contributed by atoms with Crippen LogP contribution in [-0.2, 0) is 0 Å². The van der Waals surface area contributed by atoms with Crippen LogP contribution in [0.3, 0.4) is 0 Å². The number of hydrogen-bond acceptors (Lipinski definition) is 5. The quantitative estimate of drug-likeness (QED) is 0.912. The largest absolute Gasteiger partial charge is 0.497 e. The summed E-state index contributed by atoms with van der Waals surface area (Å²) in [7, 11) is 1.59. The van der Waals surface area contributed by atoms with Gasteiger partial charge in [-0.3, -0.25) is 4.98 Å². The normalized spacial score (nSPS) is 16.7. The van der Waals surface area contributed by atoms with E-state index in [-0.39, 0.29) is 11.8 Å². The molecule has 2 N–H and O–H groups in total. The Kier molecular flexibility index (Phi) is 3.20. The number of nitrogens with two attached hydrogens (primary N) is 1. The smallest absolute Gasteiger partial charge is 0.205 e. The van der Waals surface area contributed by atoms with Gasteiger partial charge >= 0.3 is 0 Å². The van der Waals surface area contributed by atoms with Gasteiger partial charge in [0.25, 0.3) is 0 Å². The van der Waals surface area contributed by atoms with Crippen molar-refractivity contribution in [3.8, 4) is 17.6 Å². The number of fused-ring (bicyclic) bond motifs is 1. The first kappa shape index (κ1) is 13.0. The number of ether oxygens (including phenoxy) is 2. The fourth-order valence-corrected chi connectivity index (χ4v) is 2.46. The first-order valence-corrected chi connectivity index (χ1v) is 6.40. The second-order valence-electron chi connectivity index (χ2n) is 4.61. The summed E-state index contributed by atoms with van der Waals surface area (Å²) in [5.41, 5.74) is 8.13. The second kappa shape index (κ2) is 5.17. The zero-order valence-corrected chi connectivity index (χ0v) is 11.4. The van der Waals surface area contributed by atoms with E-state index >= 15 is 0 Å². The van der Waals surface area contributed by atoms with E-state index in [4.69, 9.17) is 15.2 Å². The Hall–Kier alpha value is -3.00. The standard InChI is InChI=1S/C16H13N3O2/c1-20-11-2-3-12-14(8-11)21-16(18)13(9-17)15(12)10-4-6-19-7-5-10/h2-8,15H,18H2,1H3/t15-/m1/s1. The highest BCUT2D eigenvalue weighted by molar-refractivity contribution is 5.56. The van der Waals surface area contributed by atoms with Crippen LogP contribution in [0.25, 0.3) is 0 Å². The number of aromatic nitrogens is 1. The molecule has 2 aromatic rings. The van der Waals surface area contributed by atoms with Crippen molar-refractivity contribution in [1.29, 1.82) is 5.26 Å². The maximum atomic E-state index is 9.41. The highest BCUT2D eigenvalue weighted by Gasteiger charge is 2.30. The van der Waals surface area contributed by atoms with Gasteiger partial charge in [0.15, 0.2) is 0 Å². The van der Waals surface area contributed by atoms with Crippen molar-refractivity contribution in [2.45, 2.75) is 5.92 Å². The average molecular weight is 279 g/mol. The summed E-state index contributed by atoms with van der Waals surface area (Å²) in [6.07, 6.45) is 3.39. The van der Waals surface area contributed by atoms with Crippen molar-refractivity contribution < 1.29 is 9.47 Å². The van der Waals surface area contributed by atoms with Gasteiger partial charge in [-0.2, -0.15) is 5.26 Å². The lowest BCUT2D eigenvalue weighted by atomic mass is 9.84. The number of rotatable bonds is 2. The van der Waals surface area contributed by atoms with Crippen LogP contribution < -0.4 is 15.2 Å². The lowest BCUT2D eigenvalue weighted by Crippen LogP contribution is -2.21. The van der Waals surface area contributed by atoms with Crippen LogP contribution in [0.15, 0.2) is 54.2 Å². The topological polar surface area (TPSA) is 81.2 Å². The number of hydrogen-bond donors (Lipinski definition) is 1. The molecular formula is C16H13N3O2. The zero-order chi connectivity index (χ0) is 14.8. The van der Waals surface area contributed by atoms with Crippen molar-refractivity contribution in [3.05, 3.63) is 65.3 Å². The van der Waals surface area contributed by atoms with Crippen LogP contribution >= 0.6 is 0 Å². The monoisotopic (exact) mass is 279 g/mol. The second-order valence-corrected chi connectivity index (χ2v) is 4.61. The van der Waals surface area contributed by atoms with E-state index in [0.717, 1.165) is 11.1 Å². The van der Waals surface area contributed by atoms with Gasteiger partial charge in [0.1, 0.15) is 23.1 Å². The first-order chi connectivity index (χ1) is 10.2. The van der Waals surface area contributed by atoms with E-state index in [0.29, 0.717) is 17.1 Å². The van der Waals surface area contributed by atoms with Crippen LogP contribution in [-0.4, -0.2) is 12.1 Å². The summed E-state index contributed by atoms with van der Waals surface area (Å²) < 4.78 is 10.8. The molecule has 104 valence electrons. The molecule has 0 saturated heterocycles. The zero-order valence-electron chi connectivity index (χ0n) is 11.4. The predicted molar refractivity (Wildman–Crippen MR) is 76.5 cm³/mol. The lowest BCUT2D eigenvalue weighted by Gasteiger charge is -2.26. The van der Waals surface area contributed by atoms with Crippen molar-refractivity contribution in [1.82, 2.24) is 4.98 Å². The number of pyridine rings is 1. The Morgan fingerprint density at radius 3 is 2.71 bits per heavy atom. The van der Waals surface area contributed by atoms with Gasteiger partial charge < -0.3 is 15.2 Å². The van der Waals surface area contributed by atoms with Crippen LogP contribution in [0.5, 0.6) is 11.5 Å². The summed E-state index contributed by atoms with van der Waals surface area (Å²) in [6, 6.07) is 11.4. The third-order valence-corrected chi connectivity index (χ3v) is 3.47. The van der Waals surface area contributed by atoms with E-state index in [2.05, 4.69) is 11.1 Å². The van der Waals surface area contributed by atoms with Gasteiger partial charge in [-0.1, -0.05) is 6.07 Å². The fourth-order valence-electron chi connectivity index (χ4n) is 2.46. The Bertz CT molecular complexity index is 748. The summed E-state index contributed by atoms with van der Waals surface area (Å²) in [5.74, 6) is 1.15. The van der Waals surface area contributed by atoms with Gasteiger partial charge in [-0.05, 0) is 23.8 Å². The molecule has 0 bridgehead atoms. The van der Waals surface area contributed by atoms with Gasteiger partial charge in [0.2, 0.25) is 5.88 Å². The number of methoxy groups -OCH3 is 1. The van der Waals surface area contributed by atoms with Gasteiger partial charge in [-0.15, -0.1) is 0 Å². The van der Waals surface area contributed by atoms with E-state index < -0.39 is 0 Å². The van der Waals surface area contributed by atoms with Crippen molar-refractivity contribution in [3.63, 3.8) is 0 Å². The molecule has 5 nitrogen and oxygen atoms in total. The van der Waals surface area contributed by atoms with Crippen LogP contribution in [0, 0.1) is 11.3 Å². The Balaban J connectivity index is 2.20. The fraction of sp³-hybridized carbons (Fsp3) is 0.125. The SMILES string of the molecule is COc1ccc2c(c1)OC(N)=C(C#N)[C@@H]2c1ccncc1. The number of benzene rings is 1. The molecule has 1 aliphatic heterocycles. The molecule has 2 heterocycles. The lowest BCUT2D eigenvalue weighted by molar-refractivity contribution is 0.381. The number of allylic oxidation sites excluding steroid dienone is 1. The van der Waals surface area contributed by atoms with Crippen molar-refractivity contribution in [2.75, 3.05) is 7.11 Å². The number of nitrogens with zero attached hydrogens (tertiary/aromatic N) is 2. The molecule has 1 atom stereocenters. The molecule has 0 amide bonds. The summed E-state index contributed by atoms with van der Waals surface area (Å²) in [5, 5.41) is 9.41. The molecule has 1 aliphatic rings. The summed E-state index contributed by atoms with van der Waals surface area (Å²) >= 11 is 0. The molecule has 3 rings (SSSR count). The van der Waals surface area contributed by atoms with Crippen LogP contribution in [0.4, 0.5) is 0 Å². The highest BCUT2D eigenvalue weighted by atomic mass is 16.5. The molecule has 0 spiro atoms. The van der Waals surface area contributed by atoms with Crippen LogP contribution in [0.2, 0.25) is 0 Å². The predicted octanol–water partition coefficient (Wildman–Crippen LogP) is 2.31. The van der Waals surface area contributed by atoms with E-state index in [1.807, 2.05) is 24.3 Å². The minimum absolute atomic E-state index is 0.125. The van der Waals surface area contributed by atoms with Gasteiger partial charge in [0, 0.05) is 24.0 Å². The maximum Gasteiger partial charge on any atom is 0.205 e. The molecule has 1 aromatic carbocycles. The summed E-state index contributed by atoms with van der Waals surface area (Å²) in [6.45, 7) is 0. The third kappa shape index (κ3) is 2.17. The molecule has 1 aromatic heterocycles. The van der Waals surface area contributed by atoms with E-state index in [1.54, 1.807) is 25.6 Å². The minimum atomic E-state index is -0.257. The van der Waals surface area contributed by atoms with Crippen LogP contribution in [0.1, 0.15) is 17.0 Å².